The third-order valence-electron chi connectivity index (χ3n) is 3.25. The largest absolute Gasteiger partial charge is 0.467 e. The number of nitrogens with zero attached hydrogens (tertiary/aromatic N) is 2. The summed E-state index contributed by atoms with van der Waals surface area (Å²) in [4.78, 5) is 30.2. The number of hydrogen-bond acceptors (Lipinski definition) is 6. The van der Waals surface area contributed by atoms with E-state index in [9.17, 15) is 9.59 Å². The first kappa shape index (κ1) is 15.8. The van der Waals surface area contributed by atoms with Gasteiger partial charge in [-0.1, -0.05) is 18.7 Å². The second-order valence-corrected chi connectivity index (χ2v) is 6.96. The third kappa shape index (κ3) is 3.32. The van der Waals surface area contributed by atoms with Gasteiger partial charge in [0.25, 0.3) is 5.56 Å². The highest BCUT2D eigenvalue weighted by Crippen LogP contribution is 2.25. The molecule has 2 N–H and O–H groups in total. The number of rotatable bonds is 6. The number of hydrogen-bond donors (Lipinski definition) is 1. The predicted molar refractivity (Wildman–Crippen MR) is 91.0 cm³/mol. The Morgan fingerprint density at radius 3 is 3.00 bits per heavy atom. The van der Waals surface area contributed by atoms with E-state index in [1.165, 1.54) is 27.7 Å². The van der Waals surface area contributed by atoms with Gasteiger partial charge in [-0.15, -0.1) is 11.3 Å². The van der Waals surface area contributed by atoms with Crippen molar-refractivity contribution in [1.29, 1.82) is 0 Å². The molecule has 120 valence electrons. The second kappa shape index (κ2) is 6.59. The molecule has 0 aliphatic heterocycles. The Hall–Kier alpha value is -2.06. The van der Waals surface area contributed by atoms with E-state index in [0.29, 0.717) is 21.1 Å². The molecule has 8 heteroatoms. The molecule has 23 heavy (non-hydrogen) atoms. The fourth-order valence-corrected chi connectivity index (χ4v) is 3.91. The van der Waals surface area contributed by atoms with E-state index in [2.05, 4.69) is 4.98 Å². The molecular weight excluding hydrogens is 334 g/mol. The van der Waals surface area contributed by atoms with Crippen molar-refractivity contribution in [3.05, 3.63) is 45.5 Å². The Bertz CT molecular complexity index is 897. The fraction of sp³-hybridized carbons (Fsp3) is 0.267. The zero-order valence-corrected chi connectivity index (χ0v) is 14.1. The molecule has 0 bridgehead atoms. The number of fused-ring (bicyclic) bond motifs is 1. The van der Waals surface area contributed by atoms with Crippen LogP contribution in [0.25, 0.3) is 10.2 Å². The van der Waals surface area contributed by atoms with Crippen molar-refractivity contribution in [2.24, 2.45) is 5.73 Å². The molecule has 0 radical (unpaired) electrons. The van der Waals surface area contributed by atoms with E-state index in [-0.39, 0.29) is 17.9 Å². The summed E-state index contributed by atoms with van der Waals surface area (Å²) in [6.07, 6.45) is 2.41. The maximum absolute atomic E-state index is 12.8. The smallest absolute Gasteiger partial charge is 0.263 e. The van der Waals surface area contributed by atoms with Crippen LogP contribution in [0.2, 0.25) is 0 Å². The van der Waals surface area contributed by atoms with E-state index in [4.69, 9.17) is 10.2 Å². The quantitative estimate of drug-likeness (QED) is 0.544. The van der Waals surface area contributed by atoms with Crippen molar-refractivity contribution in [3.8, 4) is 0 Å². The fourth-order valence-electron chi connectivity index (χ4n) is 2.17. The van der Waals surface area contributed by atoms with Gasteiger partial charge in [-0.05, 0) is 24.6 Å². The van der Waals surface area contributed by atoms with Gasteiger partial charge < -0.3 is 10.2 Å². The topological polar surface area (TPSA) is 91.1 Å². The van der Waals surface area contributed by atoms with Gasteiger partial charge in [-0.2, -0.15) is 0 Å². The predicted octanol–water partition coefficient (Wildman–Crippen LogP) is 2.24. The van der Waals surface area contributed by atoms with Crippen molar-refractivity contribution < 1.29 is 9.21 Å². The summed E-state index contributed by atoms with van der Waals surface area (Å²) in [5, 5.41) is 1.07. The van der Waals surface area contributed by atoms with Gasteiger partial charge in [-0.3, -0.25) is 14.2 Å². The lowest BCUT2D eigenvalue weighted by atomic mass is 10.3. The highest BCUT2D eigenvalue weighted by atomic mass is 32.2. The van der Waals surface area contributed by atoms with Gasteiger partial charge in [0, 0.05) is 4.88 Å². The molecule has 0 aromatic carbocycles. The standard InChI is InChI=1S/C15H15N3O3S2/c1-2-10-6-11-13(23-10)17-15(22-8-12(16)19)18(14(11)20)7-9-4-3-5-21-9/h3-6H,2,7-8H2,1H3,(H2,16,19). The third-order valence-corrected chi connectivity index (χ3v) is 5.43. The van der Waals surface area contributed by atoms with Crippen LogP contribution in [0, 0.1) is 0 Å². The number of furan rings is 1. The maximum Gasteiger partial charge on any atom is 0.263 e. The minimum atomic E-state index is -0.450. The highest BCUT2D eigenvalue weighted by Gasteiger charge is 2.16. The molecule has 3 aromatic rings. The lowest BCUT2D eigenvalue weighted by Gasteiger charge is -2.09. The number of thiophene rings is 1. The summed E-state index contributed by atoms with van der Waals surface area (Å²) in [6, 6.07) is 5.45. The lowest BCUT2D eigenvalue weighted by molar-refractivity contribution is -0.115. The lowest BCUT2D eigenvalue weighted by Crippen LogP contribution is -2.24. The van der Waals surface area contributed by atoms with E-state index in [0.717, 1.165) is 11.3 Å². The molecule has 3 rings (SSSR count). The van der Waals surface area contributed by atoms with Crippen LogP contribution in [0.1, 0.15) is 17.6 Å². The Labute approximate surface area is 140 Å². The number of aromatic nitrogens is 2. The highest BCUT2D eigenvalue weighted by molar-refractivity contribution is 7.99. The number of primary amides is 1. The van der Waals surface area contributed by atoms with E-state index in [1.807, 2.05) is 13.0 Å². The molecule has 0 spiro atoms. The SMILES string of the molecule is CCc1cc2c(=O)n(Cc3ccco3)c(SCC(N)=O)nc2s1. The number of carbonyl (C=O) groups excluding carboxylic acids is 1. The van der Waals surface area contributed by atoms with E-state index in [1.54, 1.807) is 18.4 Å². The Balaban J connectivity index is 2.11. The average molecular weight is 349 g/mol. The summed E-state index contributed by atoms with van der Waals surface area (Å²) in [5.41, 5.74) is 5.08. The first-order chi connectivity index (χ1) is 11.1. The van der Waals surface area contributed by atoms with Gasteiger partial charge in [0.2, 0.25) is 5.91 Å². The molecule has 0 aliphatic rings. The number of aryl methyl sites for hydroxylation is 1. The molecule has 6 nitrogen and oxygen atoms in total. The van der Waals surface area contributed by atoms with Gasteiger partial charge in [0.15, 0.2) is 5.16 Å². The summed E-state index contributed by atoms with van der Waals surface area (Å²) < 4.78 is 6.85. The van der Waals surface area contributed by atoms with Gasteiger partial charge >= 0.3 is 0 Å². The van der Waals surface area contributed by atoms with E-state index >= 15 is 0 Å². The van der Waals surface area contributed by atoms with Gasteiger partial charge in [0.1, 0.15) is 10.6 Å². The van der Waals surface area contributed by atoms with Crippen molar-refractivity contribution in [1.82, 2.24) is 9.55 Å². The Morgan fingerprint density at radius 1 is 1.52 bits per heavy atom. The van der Waals surface area contributed by atoms with Crippen LogP contribution in [-0.2, 0) is 17.8 Å². The molecule has 0 saturated heterocycles. The summed E-state index contributed by atoms with van der Waals surface area (Å²) in [6.45, 7) is 2.31. The van der Waals surface area contributed by atoms with Gasteiger partial charge in [-0.25, -0.2) is 4.98 Å². The van der Waals surface area contributed by atoms with Crippen LogP contribution in [0.15, 0.2) is 38.8 Å². The Morgan fingerprint density at radius 2 is 2.35 bits per heavy atom. The molecule has 3 heterocycles. The van der Waals surface area contributed by atoms with Crippen molar-refractivity contribution in [3.63, 3.8) is 0 Å². The number of amides is 1. The van der Waals surface area contributed by atoms with Crippen LogP contribution in [0.4, 0.5) is 0 Å². The monoisotopic (exact) mass is 349 g/mol. The number of nitrogens with two attached hydrogens (primary N) is 1. The molecule has 0 fully saturated rings. The maximum atomic E-state index is 12.8. The summed E-state index contributed by atoms with van der Waals surface area (Å²) in [5.74, 6) is 0.275. The van der Waals surface area contributed by atoms with Crippen LogP contribution in [0.5, 0.6) is 0 Å². The van der Waals surface area contributed by atoms with Crippen LogP contribution < -0.4 is 11.3 Å². The molecule has 0 atom stereocenters. The average Bonchev–Trinajstić information content (AvgIpc) is 3.17. The molecule has 3 aromatic heterocycles. The van der Waals surface area contributed by atoms with Crippen molar-refractivity contribution in [2.75, 3.05) is 5.75 Å². The van der Waals surface area contributed by atoms with E-state index < -0.39 is 5.91 Å². The minimum absolute atomic E-state index is 0.0715. The van der Waals surface area contributed by atoms with Crippen LogP contribution in [0.3, 0.4) is 0 Å². The van der Waals surface area contributed by atoms with Crippen LogP contribution >= 0.6 is 23.1 Å². The zero-order chi connectivity index (χ0) is 16.4. The van der Waals surface area contributed by atoms with Gasteiger partial charge in [0.05, 0.1) is 23.9 Å². The molecule has 1 amide bonds. The number of carbonyl (C=O) groups is 1. The second-order valence-electron chi connectivity index (χ2n) is 4.91. The molecular formula is C15H15N3O3S2. The normalized spacial score (nSPS) is 11.2. The zero-order valence-electron chi connectivity index (χ0n) is 12.4. The molecule has 0 saturated carbocycles. The molecule has 0 unspecified atom stereocenters. The Kier molecular flexibility index (Phi) is 4.53. The van der Waals surface area contributed by atoms with Crippen LogP contribution in [-0.4, -0.2) is 21.2 Å². The van der Waals surface area contributed by atoms with Crippen molar-refractivity contribution in [2.45, 2.75) is 25.0 Å². The molecule has 0 aliphatic carbocycles. The first-order valence-electron chi connectivity index (χ1n) is 7.05. The number of thioether (sulfide) groups is 1. The first-order valence-corrected chi connectivity index (χ1v) is 8.85. The summed E-state index contributed by atoms with van der Waals surface area (Å²) >= 11 is 2.66. The minimum Gasteiger partial charge on any atom is -0.467 e. The summed E-state index contributed by atoms with van der Waals surface area (Å²) in [7, 11) is 0. The van der Waals surface area contributed by atoms with Crippen molar-refractivity contribution >= 4 is 39.2 Å².